The first-order valence-corrected chi connectivity index (χ1v) is 5.70. The second-order valence-electron chi connectivity index (χ2n) is 2.05. The molecule has 0 atom stereocenters. The van der Waals surface area contributed by atoms with Gasteiger partial charge in [0.05, 0.1) is 0 Å². The van der Waals surface area contributed by atoms with E-state index in [1.165, 1.54) is 0 Å². The van der Waals surface area contributed by atoms with Gasteiger partial charge in [-0.3, -0.25) is 9.97 Å². The zero-order valence-electron chi connectivity index (χ0n) is 11.0. The molecule has 2 rings (SSSR count). The van der Waals surface area contributed by atoms with Crippen LogP contribution in [-0.2, 0) is 22.4 Å². The van der Waals surface area contributed by atoms with Crippen LogP contribution in [0.2, 0.25) is 0 Å². The third-order valence-electron chi connectivity index (χ3n) is 1.13. The summed E-state index contributed by atoms with van der Waals surface area (Å²) < 4.78 is 0. The number of nitrogens with zero attached hydrogens (tertiary/aromatic N) is 2. The fraction of sp³-hybridized carbons (Fsp3) is 0.286. The van der Waals surface area contributed by atoms with Crippen LogP contribution in [0.15, 0.2) is 61.2 Å². The molecule has 0 fully saturated rings. The minimum absolute atomic E-state index is 0. The Balaban J connectivity index is -0.000000171. The minimum atomic E-state index is 0. The van der Waals surface area contributed by atoms with Gasteiger partial charge in [0.25, 0.3) is 0 Å². The van der Waals surface area contributed by atoms with Gasteiger partial charge >= 0.3 is 0 Å². The zero-order chi connectivity index (χ0) is 12.5. The van der Waals surface area contributed by atoms with E-state index in [0.717, 1.165) is 0 Å². The van der Waals surface area contributed by atoms with Gasteiger partial charge in [-0.15, -0.1) is 0 Å². The number of rotatable bonds is 0. The molecule has 0 unspecified atom stereocenters. The summed E-state index contributed by atoms with van der Waals surface area (Å²) in [7, 11) is 0. The second kappa shape index (κ2) is 24.3. The summed E-state index contributed by atoms with van der Waals surface area (Å²) in [6.45, 7) is 8.00. The van der Waals surface area contributed by atoms with Crippen LogP contribution in [0.3, 0.4) is 0 Å². The van der Waals surface area contributed by atoms with Crippen molar-refractivity contribution in [2.45, 2.75) is 27.7 Å². The molecule has 0 aliphatic heterocycles. The summed E-state index contributed by atoms with van der Waals surface area (Å²) in [6, 6.07) is 11.4. The van der Waals surface area contributed by atoms with E-state index in [-0.39, 0.29) is 22.4 Å². The van der Waals surface area contributed by atoms with Gasteiger partial charge in [-0.1, -0.05) is 39.8 Å². The Kier molecular flexibility index (Phi) is 30.5. The van der Waals surface area contributed by atoms with Crippen LogP contribution >= 0.6 is 0 Å². The summed E-state index contributed by atoms with van der Waals surface area (Å²) in [6.07, 6.45) is 7.00. The summed E-state index contributed by atoms with van der Waals surface area (Å²) in [5, 5.41) is 0. The largest absolute Gasteiger partial charge is 0.265 e. The molecule has 99 valence electrons. The summed E-state index contributed by atoms with van der Waals surface area (Å²) in [5.74, 6) is 0. The summed E-state index contributed by atoms with van der Waals surface area (Å²) >= 11 is 0. The first kappa shape index (κ1) is 21.3. The predicted octanol–water partition coefficient (Wildman–Crippen LogP) is 4.21. The van der Waals surface area contributed by atoms with E-state index in [1.807, 2.05) is 64.1 Å². The number of hydrogen-bond acceptors (Lipinski definition) is 2. The first-order valence-electron chi connectivity index (χ1n) is 5.70. The van der Waals surface area contributed by atoms with Crippen molar-refractivity contribution in [2.24, 2.45) is 0 Å². The predicted molar refractivity (Wildman–Crippen MR) is 71.2 cm³/mol. The summed E-state index contributed by atoms with van der Waals surface area (Å²) in [5.41, 5.74) is 0. The Morgan fingerprint density at radius 1 is 0.471 bits per heavy atom. The molecule has 1 radical (unpaired) electrons. The molecule has 3 heteroatoms. The van der Waals surface area contributed by atoms with Crippen LogP contribution in [0.1, 0.15) is 27.7 Å². The Bertz CT molecular complexity index is 190. The van der Waals surface area contributed by atoms with Crippen LogP contribution in [0.4, 0.5) is 0 Å². The van der Waals surface area contributed by atoms with Gasteiger partial charge in [0.2, 0.25) is 0 Å². The molecule has 0 aliphatic carbocycles. The van der Waals surface area contributed by atoms with E-state index in [0.29, 0.717) is 0 Å². The van der Waals surface area contributed by atoms with Gasteiger partial charge in [-0.05, 0) is 24.3 Å². The molecule has 0 aliphatic rings. The Morgan fingerprint density at radius 2 is 0.706 bits per heavy atom. The van der Waals surface area contributed by atoms with Crippen molar-refractivity contribution in [1.29, 1.82) is 0 Å². The molecule has 0 spiro atoms. The molecule has 0 amide bonds. The Hall–Kier alpha value is -0.960. The maximum atomic E-state index is 3.78. The average molecular weight is 326 g/mol. The van der Waals surface area contributed by atoms with Gasteiger partial charge < -0.3 is 0 Å². The molecule has 2 aromatic rings. The standard InChI is InChI=1S/2C5H5N.2C2H6.Ag/c2*1-2-4-6-5-3-1;2*1-2;/h2*1-5H;2*1-2H3;. The van der Waals surface area contributed by atoms with Crippen LogP contribution in [-0.4, -0.2) is 9.97 Å². The van der Waals surface area contributed by atoms with Gasteiger partial charge in [-0.25, -0.2) is 0 Å². The SMILES string of the molecule is CC.CC.[Ag].c1ccncc1.c1ccncc1. The molecule has 2 nitrogen and oxygen atoms in total. The normalized spacial score (nSPS) is 6.35. The molecule has 2 aromatic heterocycles. The maximum absolute atomic E-state index is 3.78. The van der Waals surface area contributed by atoms with Crippen molar-refractivity contribution in [3.63, 3.8) is 0 Å². The zero-order valence-corrected chi connectivity index (χ0v) is 12.5. The van der Waals surface area contributed by atoms with Crippen molar-refractivity contribution in [3.05, 3.63) is 61.2 Å². The maximum Gasteiger partial charge on any atom is 0.0267 e. The quantitative estimate of drug-likeness (QED) is 0.678. The van der Waals surface area contributed by atoms with Crippen LogP contribution in [0.25, 0.3) is 0 Å². The fourth-order valence-electron chi connectivity index (χ4n) is 0.625. The van der Waals surface area contributed by atoms with Crippen molar-refractivity contribution in [2.75, 3.05) is 0 Å². The van der Waals surface area contributed by atoms with Crippen LogP contribution in [0.5, 0.6) is 0 Å². The van der Waals surface area contributed by atoms with Crippen molar-refractivity contribution < 1.29 is 22.4 Å². The van der Waals surface area contributed by atoms with Gasteiger partial charge in [0.15, 0.2) is 0 Å². The minimum Gasteiger partial charge on any atom is -0.265 e. The molecule has 17 heavy (non-hydrogen) atoms. The molecular weight excluding hydrogens is 304 g/mol. The van der Waals surface area contributed by atoms with Gasteiger partial charge in [0.1, 0.15) is 0 Å². The first-order chi connectivity index (χ1) is 8.00. The molecule has 2 heterocycles. The van der Waals surface area contributed by atoms with Crippen molar-refractivity contribution in [3.8, 4) is 0 Å². The van der Waals surface area contributed by atoms with E-state index < -0.39 is 0 Å². The van der Waals surface area contributed by atoms with Crippen LogP contribution < -0.4 is 0 Å². The monoisotopic (exact) mass is 325 g/mol. The molecule has 0 saturated heterocycles. The molecule has 0 saturated carbocycles. The van der Waals surface area contributed by atoms with Gasteiger partial charge in [0, 0.05) is 47.2 Å². The van der Waals surface area contributed by atoms with E-state index in [1.54, 1.807) is 24.8 Å². The van der Waals surface area contributed by atoms with E-state index in [2.05, 4.69) is 9.97 Å². The molecule has 0 N–H and O–H groups in total. The van der Waals surface area contributed by atoms with Crippen molar-refractivity contribution in [1.82, 2.24) is 9.97 Å². The average Bonchev–Trinajstić information content (AvgIpc) is 2.48. The second-order valence-corrected chi connectivity index (χ2v) is 2.05. The Morgan fingerprint density at radius 3 is 0.765 bits per heavy atom. The van der Waals surface area contributed by atoms with Crippen LogP contribution in [0, 0.1) is 0 Å². The molecular formula is C14H22AgN2. The number of hydrogen-bond donors (Lipinski definition) is 0. The topological polar surface area (TPSA) is 25.8 Å². The molecule has 0 aromatic carbocycles. The van der Waals surface area contributed by atoms with E-state index in [9.17, 15) is 0 Å². The summed E-state index contributed by atoms with van der Waals surface area (Å²) in [4.78, 5) is 7.57. The number of aromatic nitrogens is 2. The third kappa shape index (κ3) is 21.0. The van der Waals surface area contributed by atoms with Crippen molar-refractivity contribution >= 4 is 0 Å². The van der Waals surface area contributed by atoms with E-state index in [4.69, 9.17) is 0 Å². The fourth-order valence-corrected chi connectivity index (χ4v) is 0.625. The number of pyridine rings is 2. The van der Waals surface area contributed by atoms with Gasteiger partial charge in [-0.2, -0.15) is 0 Å². The smallest absolute Gasteiger partial charge is 0.0267 e. The van der Waals surface area contributed by atoms with E-state index >= 15 is 0 Å². The third-order valence-corrected chi connectivity index (χ3v) is 1.13. The Labute approximate surface area is 121 Å². The molecule has 0 bridgehead atoms.